The molecule has 0 spiro atoms. The number of hydrogen-bond acceptors (Lipinski definition) is 2. The second kappa shape index (κ2) is 21.8. The Kier molecular flexibility index (Phi) is 20.1. The Balaban J connectivity index is 1.94. The summed E-state index contributed by atoms with van der Waals surface area (Å²) in [5, 5.41) is 0. The standard InChI is InChI=1S/C31H62N2/c1-5-7-9-11-12-13-14-15-16-17-18-19-20-21-23-25-27-33-29-28-32(31(33)30(3)4)26-24-22-10-8-6-2/h28-31H,5-27H2,1-4H3. The Morgan fingerprint density at radius 1 is 0.455 bits per heavy atom. The minimum Gasteiger partial charge on any atom is -0.356 e. The van der Waals surface area contributed by atoms with Crippen LogP contribution in [0.4, 0.5) is 0 Å². The van der Waals surface area contributed by atoms with Gasteiger partial charge < -0.3 is 9.80 Å². The first-order valence-electron chi connectivity index (χ1n) is 15.4. The average molecular weight is 463 g/mol. The lowest BCUT2D eigenvalue weighted by Crippen LogP contribution is -2.43. The van der Waals surface area contributed by atoms with Crippen molar-refractivity contribution in [3.8, 4) is 0 Å². The van der Waals surface area contributed by atoms with Crippen molar-refractivity contribution in [2.45, 2.75) is 169 Å². The molecule has 0 saturated heterocycles. The van der Waals surface area contributed by atoms with E-state index < -0.39 is 0 Å². The average Bonchev–Trinajstić information content (AvgIpc) is 3.21. The minimum atomic E-state index is 0.590. The fraction of sp³-hybridized carbons (Fsp3) is 0.935. The summed E-state index contributed by atoms with van der Waals surface area (Å²) in [5.41, 5.74) is 0. The topological polar surface area (TPSA) is 6.48 Å². The Labute approximate surface area is 210 Å². The number of unbranched alkanes of at least 4 members (excludes halogenated alkanes) is 19. The largest absolute Gasteiger partial charge is 0.356 e. The van der Waals surface area contributed by atoms with Gasteiger partial charge in [0.25, 0.3) is 0 Å². The zero-order valence-electron chi connectivity index (χ0n) is 23.5. The highest BCUT2D eigenvalue weighted by Crippen LogP contribution is 2.24. The number of rotatable bonds is 24. The molecule has 0 fully saturated rings. The van der Waals surface area contributed by atoms with Crippen molar-refractivity contribution in [1.82, 2.24) is 9.80 Å². The highest BCUT2D eigenvalue weighted by Gasteiger charge is 2.28. The lowest BCUT2D eigenvalue weighted by atomic mass is 10.0. The second-order valence-electron chi connectivity index (χ2n) is 11.1. The monoisotopic (exact) mass is 462 g/mol. The second-order valence-corrected chi connectivity index (χ2v) is 11.1. The predicted molar refractivity (Wildman–Crippen MR) is 149 cm³/mol. The van der Waals surface area contributed by atoms with Crippen LogP contribution in [0.1, 0.15) is 163 Å². The fourth-order valence-electron chi connectivity index (χ4n) is 5.46. The zero-order valence-corrected chi connectivity index (χ0v) is 23.5. The van der Waals surface area contributed by atoms with Crippen molar-refractivity contribution < 1.29 is 0 Å². The first-order valence-corrected chi connectivity index (χ1v) is 15.4. The Morgan fingerprint density at radius 2 is 0.727 bits per heavy atom. The molecule has 2 nitrogen and oxygen atoms in total. The number of hydrogen-bond donors (Lipinski definition) is 0. The SMILES string of the molecule is CCCCCCCCCCCCCCCCCCN1C=CN(CCCCCCC)C1C(C)C. The van der Waals surface area contributed by atoms with Crippen LogP contribution in [0.25, 0.3) is 0 Å². The maximum Gasteiger partial charge on any atom is 0.103 e. The van der Waals surface area contributed by atoms with Gasteiger partial charge in [-0.1, -0.05) is 150 Å². The summed E-state index contributed by atoms with van der Waals surface area (Å²) < 4.78 is 0. The van der Waals surface area contributed by atoms with Crippen molar-refractivity contribution in [2.24, 2.45) is 5.92 Å². The van der Waals surface area contributed by atoms with Gasteiger partial charge in [0.2, 0.25) is 0 Å². The van der Waals surface area contributed by atoms with E-state index in [2.05, 4.69) is 49.9 Å². The highest BCUT2D eigenvalue weighted by molar-refractivity contribution is 4.98. The van der Waals surface area contributed by atoms with Gasteiger partial charge in [-0.25, -0.2) is 0 Å². The van der Waals surface area contributed by atoms with E-state index in [4.69, 9.17) is 0 Å². The molecule has 0 radical (unpaired) electrons. The highest BCUT2D eigenvalue weighted by atomic mass is 15.4. The summed E-state index contributed by atoms with van der Waals surface area (Å²) in [6.07, 6.45) is 35.4. The van der Waals surface area contributed by atoms with Crippen LogP contribution < -0.4 is 0 Å². The van der Waals surface area contributed by atoms with Gasteiger partial charge in [-0.2, -0.15) is 0 Å². The Morgan fingerprint density at radius 3 is 1.00 bits per heavy atom. The van der Waals surface area contributed by atoms with Crippen molar-refractivity contribution in [3.05, 3.63) is 12.4 Å². The van der Waals surface area contributed by atoms with Gasteiger partial charge in [0.05, 0.1) is 0 Å². The summed E-state index contributed by atoms with van der Waals surface area (Å²) in [6.45, 7) is 11.9. The molecule has 0 saturated carbocycles. The molecular formula is C31H62N2. The van der Waals surface area contributed by atoms with Crippen LogP contribution in [0.3, 0.4) is 0 Å². The quantitative estimate of drug-likeness (QED) is 0.132. The Bertz CT molecular complexity index is 431. The summed E-state index contributed by atoms with van der Waals surface area (Å²) in [6, 6.07) is 0. The molecule has 0 aliphatic carbocycles. The molecule has 0 N–H and O–H groups in total. The zero-order chi connectivity index (χ0) is 24.0. The van der Waals surface area contributed by atoms with E-state index in [1.807, 2.05) is 0 Å². The third kappa shape index (κ3) is 15.8. The van der Waals surface area contributed by atoms with Gasteiger partial charge in [0, 0.05) is 25.5 Å². The van der Waals surface area contributed by atoms with Gasteiger partial charge in [-0.3, -0.25) is 0 Å². The molecule has 2 heteroatoms. The van der Waals surface area contributed by atoms with E-state index in [9.17, 15) is 0 Å². The smallest absolute Gasteiger partial charge is 0.103 e. The van der Waals surface area contributed by atoms with E-state index in [0.29, 0.717) is 12.1 Å². The molecule has 1 aliphatic rings. The van der Waals surface area contributed by atoms with Crippen molar-refractivity contribution in [2.75, 3.05) is 13.1 Å². The molecule has 1 atom stereocenters. The van der Waals surface area contributed by atoms with E-state index in [-0.39, 0.29) is 0 Å². The summed E-state index contributed by atoms with van der Waals surface area (Å²) in [5.74, 6) is 0.691. The van der Waals surface area contributed by atoms with Gasteiger partial charge >= 0.3 is 0 Å². The Hall–Kier alpha value is -0.660. The first kappa shape index (κ1) is 30.4. The molecule has 1 aliphatic heterocycles. The van der Waals surface area contributed by atoms with Gasteiger partial charge in [-0.05, 0) is 18.8 Å². The van der Waals surface area contributed by atoms with Crippen LogP contribution in [-0.4, -0.2) is 29.1 Å². The molecule has 0 aromatic heterocycles. The van der Waals surface area contributed by atoms with Crippen LogP contribution in [0.15, 0.2) is 12.4 Å². The third-order valence-electron chi connectivity index (χ3n) is 7.52. The summed E-state index contributed by atoms with van der Waals surface area (Å²) >= 11 is 0. The molecule has 0 bridgehead atoms. The lowest BCUT2D eigenvalue weighted by molar-refractivity contribution is 0.104. The van der Waals surface area contributed by atoms with E-state index in [1.54, 1.807) is 0 Å². The van der Waals surface area contributed by atoms with E-state index in [0.717, 1.165) is 0 Å². The van der Waals surface area contributed by atoms with Crippen LogP contribution in [-0.2, 0) is 0 Å². The minimum absolute atomic E-state index is 0.590. The van der Waals surface area contributed by atoms with Gasteiger partial charge in [0.15, 0.2) is 0 Å². The summed E-state index contributed by atoms with van der Waals surface area (Å²) in [7, 11) is 0. The maximum atomic E-state index is 2.63. The van der Waals surface area contributed by atoms with E-state index >= 15 is 0 Å². The molecule has 1 heterocycles. The molecule has 0 aromatic rings. The molecule has 196 valence electrons. The van der Waals surface area contributed by atoms with E-state index in [1.165, 1.54) is 148 Å². The maximum absolute atomic E-state index is 2.63. The molecule has 0 amide bonds. The fourth-order valence-corrected chi connectivity index (χ4v) is 5.46. The molecule has 1 rings (SSSR count). The van der Waals surface area contributed by atoms with Crippen LogP contribution in [0.5, 0.6) is 0 Å². The normalized spacial score (nSPS) is 16.0. The van der Waals surface area contributed by atoms with Crippen molar-refractivity contribution in [3.63, 3.8) is 0 Å². The molecule has 0 aromatic carbocycles. The lowest BCUT2D eigenvalue weighted by Gasteiger charge is -2.36. The first-order chi connectivity index (χ1) is 16.2. The van der Waals surface area contributed by atoms with Gasteiger partial charge in [0.1, 0.15) is 6.17 Å². The van der Waals surface area contributed by atoms with Crippen LogP contribution >= 0.6 is 0 Å². The van der Waals surface area contributed by atoms with Crippen molar-refractivity contribution >= 4 is 0 Å². The molecule has 33 heavy (non-hydrogen) atoms. The molecular weight excluding hydrogens is 400 g/mol. The molecule has 1 unspecified atom stereocenters. The third-order valence-corrected chi connectivity index (χ3v) is 7.52. The van der Waals surface area contributed by atoms with Crippen LogP contribution in [0.2, 0.25) is 0 Å². The number of nitrogens with zero attached hydrogens (tertiary/aromatic N) is 2. The van der Waals surface area contributed by atoms with Gasteiger partial charge in [-0.15, -0.1) is 0 Å². The van der Waals surface area contributed by atoms with Crippen molar-refractivity contribution in [1.29, 1.82) is 0 Å². The summed E-state index contributed by atoms with van der Waals surface area (Å²) in [4.78, 5) is 5.24. The predicted octanol–water partition coefficient (Wildman–Crippen LogP) is 10.3. The van der Waals surface area contributed by atoms with Crippen LogP contribution in [0, 0.1) is 5.92 Å².